The molecule has 6 rings (SSSR count). The highest BCUT2D eigenvalue weighted by atomic mass is 35.5. The fourth-order valence-corrected chi connectivity index (χ4v) is 5.42. The topological polar surface area (TPSA) is 97.1 Å². The van der Waals surface area contributed by atoms with Gasteiger partial charge in [-0.15, -0.1) is 0 Å². The van der Waals surface area contributed by atoms with Gasteiger partial charge in [0.05, 0.1) is 28.9 Å². The number of hydrogen-bond donors (Lipinski definition) is 2. The number of fused-ring (bicyclic) bond motifs is 1. The maximum atomic E-state index is 13.6. The van der Waals surface area contributed by atoms with Crippen molar-refractivity contribution in [3.63, 3.8) is 0 Å². The van der Waals surface area contributed by atoms with Crippen LogP contribution in [0, 0.1) is 5.82 Å². The van der Waals surface area contributed by atoms with Gasteiger partial charge in [-0.05, 0) is 73.7 Å². The first-order valence-corrected chi connectivity index (χ1v) is 13.6. The molecule has 3 heterocycles. The second-order valence-electron chi connectivity index (χ2n) is 10.1. The number of aromatic nitrogens is 2. The van der Waals surface area contributed by atoms with E-state index in [1.165, 1.54) is 26.3 Å². The van der Waals surface area contributed by atoms with Gasteiger partial charge in [0.2, 0.25) is 0 Å². The molecule has 1 fully saturated rings. The van der Waals surface area contributed by atoms with Crippen LogP contribution >= 0.6 is 11.6 Å². The van der Waals surface area contributed by atoms with E-state index in [9.17, 15) is 14.0 Å². The fourth-order valence-electron chi connectivity index (χ4n) is 5.15. The number of methoxy groups -OCH3 is 1. The number of allylic oxidation sites excluding steroid dienone is 1. The van der Waals surface area contributed by atoms with Crippen LogP contribution in [0.3, 0.4) is 0 Å². The van der Waals surface area contributed by atoms with Crippen LogP contribution in [0.5, 0.6) is 5.75 Å². The molecule has 208 valence electrons. The summed E-state index contributed by atoms with van der Waals surface area (Å²) < 4.78 is 20.8. The number of carbonyl (C=O) groups excluding carboxylic acids is 2. The molecule has 1 aliphatic carbocycles. The molecule has 0 atom stereocenters. The number of aliphatic imine (C=N–C) groups is 1. The molecule has 0 radical (unpaired) electrons. The molecule has 0 saturated heterocycles. The molecule has 2 N–H and O–H groups in total. The van der Waals surface area contributed by atoms with Crippen molar-refractivity contribution >= 4 is 35.3 Å². The minimum atomic E-state index is -0.465. The first-order chi connectivity index (χ1) is 19.8. The maximum Gasteiger partial charge on any atom is 0.270 e. The molecule has 0 spiro atoms. The number of halogens is 2. The lowest BCUT2D eigenvalue weighted by atomic mass is 10.0. The monoisotopic (exact) mass is 571 g/mol. The summed E-state index contributed by atoms with van der Waals surface area (Å²) in [7, 11) is 3.03. The van der Waals surface area contributed by atoms with E-state index in [0.29, 0.717) is 44.4 Å². The molecule has 0 unspecified atom stereocenters. The van der Waals surface area contributed by atoms with E-state index in [-0.39, 0.29) is 23.3 Å². The van der Waals surface area contributed by atoms with Crippen LogP contribution in [0.25, 0.3) is 28.0 Å². The van der Waals surface area contributed by atoms with E-state index < -0.39 is 5.54 Å². The van der Waals surface area contributed by atoms with Crippen LogP contribution in [0.1, 0.15) is 46.5 Å². The highest BCUT2D eigenvalue weighted by molar-refractivity contribution is 6.33. The van der Waals surface area contributed by atoms with E-state index in [1.54, 1.807) is 40.9 Å². The summed E-state index contributed by atoms with van der Waals surface area (Å²) >= 11 is 6.70. The molecule has 2 amide bonds. The number of pyridine rings is 1. The van der Waals surface area contributed by atoms with Gasteiger partial charge in [-0.2, -0.15) is 0 Å². The Bertz CT molecular complexity index is 1760. The minimum Gasteiger partial charge on any atom is -0.496 e. The Labute approximate surface area is 240 Å². The summed E-state index contributed by atoms with van der Waals surface area (Å²) in [5, 5.41) is 6.21. The van der Waals surface area contributed by atoms with E-state index in [4.69, 9.17) is 16.3 Å². The van der Waals surface area contributed by atoms with Gasteiger partial charge in [-0.1, -0.05) is 17.7 Å². The van der Waals surface area contributed by atoms with Crippen LogP contribution < -0.4 is 15.4 Å². The molecular weight excluding hydrogens is 545 g/mol. The Morgan fingerprint density at radius 3 is 2.46 bits per heavy atom. The highest BCUT2D eigenvalue weighted by Gasteiger charge is 2.48. The second-order valence-corrected chi connectivity index (χ2v) is 10.5. The van der Waals surface area contributed by atoms with Crippen LogP contribution in [0.2, 0.25) is 5.02 Å². The average Bonchev–Trinajstić information content (AvgIpc) is 3.68. The number of nitrogens with one attached hydrogen (secondary N) is 2. The first-order valence-electron chi connectivity index (χ1n) is 13.3. The van der Waals surface area contributed by atoms with Crippen molar-refractivity contribution in [3.8, 4) is 28.1 Å². The van der Waals surface area contributed by atoms with Crippen LogP contribution in [0.4, 0.5) is 4.39 Å². The lowest BCUT2D eigenvalue weighted by Crippen LogP contribution is -2.38. The molecular formula is C31H27ClFN5O3. The predicted octanol–water partition coefficient (Wildman–Crippen LogP) is 5.84. The van der Waals surface area contributed by atoms with Crippen molar-refractivity contribution < 1.29 is 18.7 Å². The number of nitrogens with zero attached hydrogens (tertiary/aromatic N) is 3. The quantitative estimate of drug-likeness (QED) is 0.291. The third-order valence-electron chi connectivity index (χ3n) is 7.48. The standard InChI is InChI=1S/C31H27ClFN5O3/c1-34-30(40)28-27(18-6-9-20(33)10-7-18)36-26-11-8-19(17-38(26)28)21-15-22(24(41-2)16-23(21)32)29(39)37-31(12-13-31)25-5-3-4-14-35-25/h5-11,14-17H,3-4,12-13H2,1-2H3,(H,34,40)(H,37,39). The number of carbonyl (C=O) groups is 2. The van der Waals surface area contributed by atoms with Crippen LogP contribution in [-0.4, -0.2) is 47.1 Å². The molecule has 1 saturated carbocycles. The summed E-state index contributed by atoms with van der Waals surface area (Å²) in [6.07, 6.45) is 9.17. The van der Waals surface area contributed by atoms with Gasteiger partial charge in [0, 0.05) is 36.7 Å². The van der Waals surface area contributed by atoms with Crippen LogP contribution in [0.15, 0.2) is 71.5 Å². The number of imidazole rings is 1. The molecule has 2 aliphatic rings. The predicted molar refractivity (Wildman–Crippen MR) is 156 cm³/mol. The Morgan fingerprint density at radius 1 is 1.05 bits per heavy atom. The van der Waals surface area contributed by atoms with Gasteiger partial charge < -0.3 is 15.4 Å². The Kier molecular flexibility index (Phi) is 6.83. The third-order valence-corrected chi connectivity index (χ3v) is 7.79. The number of ether oxygens (including phenoxy) is 1. The number of benzene rings is 2. The minimum absolute atomic E-state index is 0.285. The zero-order valence-electron chi connectivity index (χ0n) is 22.5. The van der Waals surface area contributed by atoms with Gasteiger partial charge in [0.1, 0.15) is 28.6 Å². The molecule has 1 aliphatic heterocycles. The fraction of sp³-hybridized carbons (Fsp3) is 0.226. The Balaban J connectivity index is 1.42. The normalized spacial score (nSPS) is 15.4. The van der Waals surface area contributed by atoms with Crippen LogP contribution in [-0.2, 0) is 0 Å². The van der Waals surface area contributed by atoms with Crippen molar-refractivity contribution in [1.82, 2.24) is 20.0 Å². The van der Waals surface area contributed by atoms with E-state index in [1.807, 2.05) is 12.3 Å². The lowest BCUT2D eigenvalue weighted by molar-refractivity contribution is 0.0932. The summed E-state index contributed by atoms with van der Waals surface area (Å²) in [5.74, 6) is -0.677. The largest absolute Gasteiger partial charge is 0.496 e. The Hall–Kier alpha value is -4.50. The van der Waals surface area contributed by atoms with E-state index in [2.05, 4.69) is 26.7 Å². The van der Waals surface area contributed by atoms with Crippen molar-refractivity contribution in [2.45, 2.75) is 31.2 Å². The Morgan fingerprint density at radius 2 is 1.80 bits per heavy atom. The van der Waals surface area contributed by atoms with Gasteiger partial charge >= 0.3 is 0 Å². The molecule has 2 aromatic carbocycles. The zero-order valence-corrected chi connectivity index (χ0v) is 23.3. The zero-order chi connectivity index (χ0) is 28.7. The molecule has 0 bridgehead atoms. The smallest absolute Gasteiger partial charge is 0.270 e. The summed E-state index contributed by atoms with van der Waals surface area (Å²) in [6.45, 7) is 0. The summed E-state index contributed by atoms with van der Waals surface area (Å²) in [5.41, 5.74) is 3.83. The maximum absolute atomic E-state index is 13.6. The molecule has 10 heteroatoms. The van der Waals surface area contributed by atoms with Gasteiger partial charge in [0.15, 0.2) is 0 Å². The molecule has 2 aromatic heterocycles. The number of amides is 2. The van der Waals surface area contributed by atoms with E-state index in [0.717, 1.165) is 31.4 Å². The second kappa shape index (κ2) is 10.5. The average molecular weight is 572 g/mol. The number of hydrogen-bond acceptors (Lipinski definition) is 5. The highest BCUT2D eigenvalue weighted by Crippen LogP contribution is 2.44. The number of rotatable bonds is 7. The van der Waals surface area contributed by atoms with E-state index >= 15 is 0 Å². The summed E-state index contributed by atoms with van der Waals surface area (Å²) in [6, 6.07) is 12.7. The van der Waals surface area contributed by atoms with Crippen molar-refractivity contribution in [2.75, 3.05) is 14.2 Å². The van der Waals surface area contributed by atoms with Crippen molar-refractivity contribution in [1.29, 1.82) is 0 Å². The SMILES string of the molecule is CNC(=O)c1c(-c2ccc(F)cc2)nc2ccc(-c3cc(C(=O)NC4(C5=CCCC=N5)CC4)c(OC)cc3Cl)cn12. The van der Waals surface area contributed by atoms with Gasteiger partial charge in [-0.25, -0.2) is 9.37 Å². The van der Waals surface area contributed by atoms with Crippen molar-refractivity contribution in [2.24, 2.45) is 4.99 Å². The molecule has 4 aromatic rings. The molecule has 8 nitrogen and oxygen atoms in total. The third kappa shape index (κ3) is 4.86. The first kappa shape index (κ1) is 26.7. The molecule has 41 heavy (non-hydrogen) atoms. The summed E-state index contributed by atoms with van der Waals surface area (Å²) in [4.78, 5) is 35.8. The lowest BCUT2D eigenvalue weighted by Gasteiger charge is -2.21. The van der Waals surface area contributed by atoms with Gasteiger partial charge in [0.25, 0.3) is 11.8 Å². The van der Waals surface area contributed by atoms with Crippen molar-refractivity contribution in [3.05, 3.63) is 88.6 Å². The van der Waals surface area contributed by atoms with Gasteiger partial charge in [-0.3, -0.25) is 19.0 Å².